The molecule has 182 valence electrons. The summed E-state index contributed by atoms with van der Waals surface area (Å²) >= 11 is 8.59. The van der Waals surface area contributed by atoms with E-state index in [0.717, 1.165) is 16.6 Å². The molecule has 2 aromatic carbocycles. The maximum absolute atomic E-state index is 12.6. The molecule has 0 aliphatic heterocycles. The van der Waals surface area contributed by atoms with Crippen LogP contribution < -0.4 is 10.1 Å². The second-order valence-electron chi connectivity index (χ2n) is 7.58. The van der Waals surface area contributed by atoms with E-state index in [1.165, 1.54) is 23.1 Å². The number of thiazole rings is 1. The summed E-state index contributed by atoms with van der Waals surface area (Å²) in [5.74, 6) is 1.68. The van der Waals surface area contributed by atoms with Crippen LogP contribution >= 0.6 is 34.7 Å². The molecule has 36 heavy (non-hydrogen) atoms. The van der Waals surface area contributed by atoms with Gasteiger partial charge in [-0.2, -0.15) is 0 Å². The molecule has 5 rings (SSSR count). The van der Waals surface area contributed by atoms with Gasteiger partial charge in [0.2, 0.25) is 11.7 Å². The van der Waals surface area contributed by atoms with Crippen LogP contribution in [0.25, 0.3) is 33.8 Å². The Hall–Kier alpha value is -3.60. The van der Waals surface area contributed by atoms with Gasteiger partial charge in [0.15, 0.2) is 27.4 Å². The smallest absolute Gasteiger partial charge is 0.236 e. The number of para-hydroxylation sites is 1. The zero-order valence-electron chi connectivity index (χ0n) is 19.1. The second kappa shape index (κ2) is 10.6. The van der Waals surface area contributed by atoms with E-state index < -0.39 is 0 Å². The summed E-state index contributed by atoms with van der Waals surface area (Å²) in [5.41, 5.74) is 2.34. The lowest BCUT2D eigenvalue weighted by Gasteiger charge is -2.06. The van der Waals surface area contributed by atoms with Crippen molar-refractivity contribution in [3.63, 3.8) is 0 Å². The van der Waals surface area contributed by atoms with Crippen molar-refractivity contribution in [1.82, 2.24) is 19.7 Å². The average molecular weight is 538 g/mol. The summed E-state index contributed by atoms with van der Waals surface area (Å²) < 4.78 is 13.3. The van der Waals surface area contributed by atoms with E-state index in [-0.39, 0.29) is 11.7 Å². The number of methoxy groups -OCH3 is 1. The van der Waals surface area contributed by atoms with Gasteiger partial charge in [0.1, 0.15) is 0 Å². The Labute approximate surface area is 220 Å². The zero-order valence-corrected chi connectivity index (χ0v) is 21.5. The largest absolute Gasteiger partial charge is 0.493 e. The Morgan fingerprint density at radius 1 is 1.28 bits per heavy atom. The molecular formula is C25H20ClN5O3S2. The van der Waals surface area contributed by atoms with Crippen molar-refractivity contribution < 1.29 is 13.9 Å². The number of amides is 1. The molecule has 0 aliphatic rings. The molecule has 0 bridgehead atoms. The molecule has 0 saturated heterocycles. The van der Waals surface area contributed by atoms with E-state index in [4.69, 9.17) is 20.8 Å². The number of carbonyl (C=O) groups is 1. The van der Waals surface area contributed by atoms with Gasteiger partial charge in [0.25, 0.3) is 0 Å². The van der Waals surface area contributed by atoms with Crippen LogP contribution in [0.5, 0.6) is 5.75 Å². The van der Waals surface area contributed by atoms with Crippen molar-refractivity contribution in [3.8, 4) is 28.6 Å². The molecule has 0 spiro atoms. The van der Waals surface area contributed by atoms with Crippen molar-refractivity contribution in [2.45, 2.75) is 11.7 Å². The molecule has 5 aromatic rings. The van der Waals surface area contributed by atoms with E-state index in [1.807, 2.05) is 46.3 Å². The van der Waals surface area contributed by atoms with E-state index in [0.29, 0.717) is 44.8 Å². The predicted octanol–water partition coefficient (Wildman–Crippen LogP) is 6.39. The molecule has 3 heterocycles. The van der Waals surface area contributed by atoms with Crippen molar-refractivity contribution in [2.24, 2.45) is 0 Å². The highest BCUT2D eigenvalue weighted by molar-refractivity contribution is 7.99. The number of allylic oxidation sites excluding steroid dienone is 1. The highest BCUT2D eigenvalue weighted by Gasteiger charge is 2.19. The third-order valence-corrected chi connectivity index (χ3v) is 7.18. The first-order chi connectivity index (χ1) is 17.6. The normalized spacial score (nSPS) is 11.1. The Kier molecular flexibility index (Phi) is 7.08. The van der Waals surface area contributed by atoms with Gasteiger partial charge in [-0.1, -0.05) is 53.7 Å². The number of hydrogen-bond acceptors (Lipinski definition) is 8. The Bertz CT molecular complexity index is 1540. The number of thioether (sulfide) groups is 1. The Balaban J connectivity index is 1.29. The van der Waals surface area contributed by atoms with E-state index in [9.17, 15) is 4.79 Å². The van der Waals surface area contributed by atoms with Crippen LogP contribution in [0, 0.1) is 0 Å². The first-order valence-corrected chi connectivity index (χ1v) is 13.0. The molecule has 1 amide bonds. The molecule has 0 atom stereocenters. The lowest BCUT2D eigenvalue weighted by molar-refractivity contribution is -0.113. The first-order valence-electron chi connectivity index (χ1n) is 10.8. The number of anilines is 1. The van der Waals surface area contributed by atoms with Crippen LogP contribution in [0.4, 0.5) is 5.13 Å². The monoisotopic (exact) mass is 537 g/mol. The molecule has 0 aliphatic carbocycles. The molecule has 0 unspecified atom stereocenters. The minimum atomic E-state index is -0.194. The molecule has 11 heteroatoms. The zero-order chi connectivity index (χ0) is 25.1. The number of nitrogens with zero attached hydrogens (tertiary/aromatic N) is 4. The lowest BCUT2D eigenvalue weighted by Crippen LogP contribution is -2.14. The number of ether oxygens (including phenoxy) is 1. The van der Waals surface area contributed by atoms with Gasteiger partial charge in [-0.25, -0.2) is 4.98 Å². The van der Waals surface area contributed by atoms with Gasteiger partial charge in [0.05, 0.1) is 18.6 Å². The van der Waals surface area contributed by atoms with Crippen LogP contribution in [-0.2, 0) is 11.3 Å². The quantitative estimate of drug-likeness (QED) is 0.172. The van der Waals surface area contributed by atoms with Gasteiger partial charge in [0, 0.05) is 27.9 Å². The minimum Gasteiger partial charge on any atom is -0.493 e. The molecule has 3 aromatic heterocycles. The van der Waals surface area contributed by atoms with Crippen LogP contribution in [0.1, 0.15) is 0 Å². The van der Waals surface area contributed by atoms with Gasteiger partial charge >= 0.3 is 0 Å². The third-order valence-electron chi connectivity index (χ3n) is 5.20. The van der Waals surface area contributed by atoms with Crippen molar-refractivity contribution in [3.05, 3.63) is 71.6 Å². The van der Waals surface area contributed by atoms with Crippen LogP contribution in [-0.4, -0.2) is 38.5 Å². The number of rotatable bonds is 9. The van der Waals surface area contributed by atoms with E-state index >= 15 is 0 Å². The number of aromatic nitrogens is 4. The van der Waals surface area contributed by atoms with Crippen LogP contribution in [0.15, 0.2) is 76.1 Å². The maximum atomic E-state index is 12.6. The van der Waals surface area contributed by atoms with Gasteiger partial charge in [-0.3, -0.25) is 9.36 Å². The van der Waals surface area contributed by atoms with Crippen LogP contribution in [0.2, 0.25) is 5.02 Å². The highest BCUT2D eigenvalue weighted by Crippen LogP contribution is 2.34. The summed E-state index contributed by atoms with van der Waals surface area (Å²) in [5, 5.41) is 16.0. The van der Waals surface area contributed by atoms with Gasteiger partial charge in [-0.05, 0) is 24.3 Å². The Morgan fingerprint density at radius 3 is 2.89 bits per heavy atom. The number of fused-ring (bicyclic) bond motifs is 1. The first kappa shape index (κ1) is 24.1. The molecular weight excluding hydrogens is 518 g/mol. The van der Waals surface area contributed by atoms with Crippen LogP contribution in [0.3, 0.4) is 0 Å². The van der Waals surface area contributed by atoms with Crippen molar-refractivity contribution >= 4 is 56.7 Å². The van der Waals surface area contributed by atoms with Gasteiger partial charge in [-0.15, -0.1) is 28.1 Å². The minimum absolute atomic E-state index is 0.138. The third kappa shape index (κ3) is 5.01. The van der Waals surface area contributed by atoms with Gasteiger partial charge < -0.3 is 14.5 Å². The predicted molar refractivity (Wildman–Crippen MR) is 144 cm³/mol. The van der Waals surface area contributed by atoms with E-state index in [2.05, 4.69) is 27.1 Å². The molecule has 8 nitrogen and oxygen atoms in total. The van der Waals surface area contributed by atoms with Crippen molar-refractivity contribution in [1.29, 1.82) is 0 Å². The molecule has 0 saturated carbocycles. The topological polar surface area (TPSA) is 95.1 Å². The summed E-state index contributed by atoms with van der Waals surface area (Å²) in [6, 6.07) is 15.0. The van der Waals surface area contributed by atoms with E-state index in [1.54, 1.807) is 25.3 Å². The summed E-state index contributed by atoms with van der Waals surface area (Å²) in [6.07, 6.45) is 1.74. The fourth-order valence-corrected chi connectivity index (χ4v) is 5.16. The molecule has 1 N–H and O–H groups in total. The lowest BCUT2D eigenvalue weighted by atomic mass is 10.2. The fourth-order valence-electron chi connectivity index (χ4n) is 3.55. The number of nitrogens with one attached hydrogen (secondary N) is 1. The second-order valence-corrected chi connectivity index (χ2v) is 9.81. The number of hydrogen-bond donors (Lipinski definition) is 1. The standard InChI is InChI=1S/C25H20ClN5O3S2/c1-3-11-31-23(20-12-16-5-4-6-19(33-2)22(16)34-20)29-30-25(31)36-14-21(32)28-24-27-18(13-35-24)15-7-9-17(26)10-8-15/h3-10,12-13H,1,11,14H2,2H3,(H,27,28,32). The Morgan fingerprint density at radius 2 is 2.11 bits per heavy atom. The fraction of sp³-hybridized carbons (Fsp3) is 0.120. The average Bonchev–Trinajstić information content (AvgIpc) is 3.61. The number of furan rings is 1. The number of benzene rings is 2. The SMILES string of the molecule is C=CCn1c(SCC(=O)Nc2nc(-c3ccc(Cl)cc3)cs2)nnc1-c1cc2cccc(OC)c2o1. The highest BCUT2D eigenvalue weighted by atomic mass is 35.5. The summed E-state index contributed by atoms with van der Waals surface area (Å²) in [7, 11) is 1.60. The molecule has 0 radical (unpaired) electrons. The summed E-state index contributed by atoms with van der Waals surface area (Å²) in [4.78, 5) is 17.1. The number of carbonyl (C=O) groups excluding carboxylic acids is 1. The maximum Gasteiger partial charge on any atom is 0.236 e. The molecule has 0 fully saturated rings. The number of halogens is 1. The summed E-state index contributed by atoms with van der Waals surface area (Å²) in [6.45, 7) is 4.29. The van der Waals surface area contributed by atoms with Crippen molar-refractivity contribution in [2.75, 3.05) is 18.2 Å².